The van der Waals surface area contributed by atoms with Gasteiger partial charge in [-0.3, -0.25) is 9.30 Å². The fourth-order valence-corrected chi connectivity index (χ4v) is 5.78. The van der Waals surface area contributed by atoms with Crippen LogP contribution >= 0.6 is 11.3 Å². The van der Waals surface area contributed by atoms with Gasteiger partial charge in [0.2, 0.25) is 0 Å². The van der Waals surface area contributed by atoms with Crippen LogP contribution < -0.4 is 10.6 Å². The zero-order valence-electron chi connectivity index (χ0n) is 21.5. The van der Waals surface area contributed by atoms with Crippen LogP contribution in [0.3, 0.4) is 0 Å². The molecule has 1 aliphatic rings. The predicted molar refractivity (Wildman–Crippen MR) is 154 cm³/mol. The maximum atomic E-state index is 15.0. The molecule has 1 saturated heterocycles. The van der Waals surface area contributed by atoms with Crippen LogP contribution in [-0.2, 0) is 6.54 Å². The number of nitrogens with zero attached hydrogens (tertiary/aromatic N) is 4. The molecule has 6 nitrogen and oxygen atoms in total. The van der Waals surface area contributed by atoms with Crippen molar-refractivity contribution < 1.29 is 8.78 Å². The van der Waals surface area contributed by atoms with Crippen LogP contribution in [0.25, 0.3) is 21.9 Å². The highest BCUT2D eigenvalue weighted by Crippen LogP contribution is 2.33. The quantitative estimate of drug-likeness (QED) is 0.213. The Morgan fingerprint density at radius 3 is 2.67 bits per heavy atom. The fraction of sp³-hybridized carbons (Fsp3) is 0.200. The van der Waals surface area contributed by atoms with Crippen LogP contribution in [0.4, 0.5) is 25.3 Å². The van der Waals surface area contributed by atoms with Gasteiger partial charge in [-0.15, -0.1) is 0 Å². The molecule has 4 heterocycles. The van der Waals surface area contributed by atoms with Crippen LogP contribution in [0.15, 0.2) is 73.7 Å². The first-order chi connectivity index (χ1) is 19.0. The molecule has 1 fully saturated rings. The van der Waals surface area contributed by atoms with E-state index < -0.39 is 5.82 Å². The Balaban J connectivity index is 1.18. The maximum Gasteiger partial charge on any atom is 0.187 e. The number of halogens is 2. The van der Waals surface area contributed by atoms with Gasteiger partial charge < -0.3 is 10.6 Å². The number of rotatable bonds is 8. The molecule has 0 atom stereocenters. The molecule has 0 spiro atoms. The summed E-state index contributed by atoms with van der Waals surface area (Å²) in [4.78, 5) is 12.6. The van der Waals surface area contributed by atoms with E-state index >= 15 is 4.39 Å². The Kier molecular flexibility index (Phi) is 6.85. The van der Waals surface area contributed by atoms with E-state index in [4.69, 9.17) is 4.98 Å². The van der Waals surface area contributed by atoms with Crippen molar-refractivity contribution in [3.8, 4) is 10.6 Å². The second-order valence-electron chi connectivity index (χ2n) is 9.74. The molecule has 0 radical (unpaired) electrons. The third kappa shape index (κ3) is 5.15. The number of likely N-dealkylation sites (tertiary alicyclic amines) is 1. The number of hydrogen-bond acceptors (Lipinski definition) is 6. The number of pyridine rings is 1. The van der Waals surface area contributed by atoms with Crippen molar-refractivity contribution in [3.63, 3.8) is 0 Å². The van der Waals surface area contributed by atoms with Crippen molar-refractivity contribution in [1.82, 2.24) is 19.3 Å². The lowest BCUT2D eigenvalue weighted by Crippen LogP contribution is -2.18. The minimum Gasteiger partial charge on any atom is -0.353 e. The Morgan fingerprint density at radius 1 is 1.03 bits per heavy atom. The number of imidazole rings is 1. The molecule has 0 amide bonds. The average Bonchev–Trinajstić information content (AvgIpc) is 3.69. The molecule has 9 heteroatoms. The first-order valence-electron chi connectivity index (χ1n) is 12.9. The van der Waals surface area contributed by atoms with Crippen LogP contribution in [0.1, 0.15) is 29.5 Å². The largest absolute Gasteiger partial charge is 0.353 e. The number of aryl methyl sites for hydroxylation is 1. The summed E-state index contributed by atoms with van der Waals surface area (Å²) in [5.74, 6) is -0.845. The zero-order chi connectivity index (χ0) is 26.9. The molecule has 3 aromatic heterocycles. The lowest BCUT2D eigenvalue weighted by atomic mass is 10.1. The second kappa shape index (κ2) is 10.6. The van der Waals surface area contributed by atoms with E-state index in [2.05, 4.69) is 43.6 Å². The summed E-state index contributed by atoms with van der Waals surface area (Å²) in [5, 5.41) is 6.62. The third-order valence-corrected chi connectivity index (χ3v) is 7.96. The van der Waals surface area contributed by atoms with Gasteiger partial charge in [0, 0.05) is 35.8 Å². The standard InChI is InChI=1S/C30H28F2N6S/c1-19-7-5-9-23(31)28(19)35-20(2)21-10-11-25(24(32)15-21)36-30-34-17-27(39-30)26-16-33-29-22(8-6-14-38(26)29)18-37-12-3-4-13-37/h5-11,14-17,35H,2-4,12-13,18H2,1H3,(H,34,36). The Hall–Kier alpha value is -4.08. The van der Waals surface area contributed by atoms with Gasteiger partial charge in [0.1, 0.15) is 17.3 Å². The summed E-state index contributed by atoms with van der Waals surface area (Å²) in [5.41, 5.74) is 5.39. The molecule has 0 saturated carbocycles. The highest BCUT2D eigenvalue weighted by molar-refractivity contribution is 7.18. The molecule has 0 aliphatic carbocycles. The van der Waals surface area contributed by atoms with E-state index in [9.17, 15) is 4.39 Å². The molecule has 5 aromatic rings. The Bertz CT molecular complexity index is 1650. The third-order valence-electron chi connectivity index (χ3n) is 7.02. The number of benzene rings is 2. The summed E-state index contributed by atoms with van der Waals surface area (Å²) in [6.07, 6.45) is 8.16. The maximum absolute atomic E-state index is 15.0. The molecule has 0 unspecified atom stereocenters. The van der Waals surface area contributed by atoms with E-state index in [1.54, 1.807) is 37.4 Å². The summed E-state index contributed by atoms with van der Waals surface area (Å²) in [6, 6.07) is 13.7. The number of fused-ring (bicyclic) bond motifs is 1. The van der Waals surface area contributed by atoms with Gasteiger partial charge in [-0.1, -0.05) is 42.2 Å². The van der Waals surface area contributed by atoms with Gasteiger partial charge >= 0.3 is 0 Å². The van der Waals surface area contributed by atoms with Gasteiger partial charge in [-0.05, 0) is 62.7 Å². The number of nitrogens with one attached hydrogen (secondary N) is 2. The molecule has 198 valence electrons. The van der Waals surface area contributed by atoms with Crippen LogP contribution in [0, 0.1) is 18.6 Å². The normalized spacial score (nSPS) is 13.7. The van der Waals surface area contributed by atoms with Gasteiger partial charge in [0.15, 0.2) is 5.13 Å². The summed E-state index contributed by atoms with van der Waals surface area (Å²) in [7, 11) is 0. The number of hydrogen-bond donors (Lipinski definition) is 2. The van der Waals surface area contributed by atoms with E-state index in [1.165, 1.54) is 41.9 Å². The van der Waals surface area contributed by atoms with Crippen LogP contribution in [0.5, 0.6) is 0 Å². The molecular weight excluding hydrogens is 514 g/mol. The fourth-order valence-electron chi connectivity index (χ4n) is 4.94. The SMILES string of the molecule is C=C(Nc1c(C)cccc1F)c1ccc(Nc2ncc(-c3cnc4c(CN5CCCC5)cccn34)s2)c(F)c1. The lowest BCUT2D eigenvalue weighted by Gasteiger charge is -2.15. The Morgan fingerprint density at radius 2 is 1.87 bits per heavy atom. The number of thiazole rings is 1. The minimum atomic E-state index is -0.459. The summed E-state index contributed by atoms with van der Waals surface area (Å²) >= 11 is 1.43. The highest BCUT2D eigenvalue weighted by atomic mass is 32.1. The minimum absolute atomic E-state index is 0.292. The van der Waals surface area contributed by atoms with Crippen LogP contribution in [-0.4, -0.2) is 32.4 Å². The van der Waals surface area contributed by atoms with Crippen molar-refractivity contribution in [2.75, 3.05) is 23.7 Å². The van der Waals surface area contributed by atoms with E-state index in [0.29, 0.717) is 27.8 Å². The van der Waals surface area contributed by atoms with Crippen molar-refractivity contribution >= 4 is 39.2 Å². The first-order valence-corrected chi connectivity index (χ1v) is 13.7. The van der Waals surface area contributed by atoms with Crippen molar-refractivity contribution in [2.24, 2.45) is 0 Å². The first kappa shape index (κ1) is 25.2. The van der Waals surface area contributed by atoms with Crippen molar-refractivity contribution in [2.45, 2.75) is 26.3 Å². The molecule has 39 heavy (non-hydrogen) atoms. The smallest absolute Gasteiger partial charge is 0.187 e. The number of anilines is 3. The molecule has 1 aliphatic heterocycles. The Labute approximate surface area is 229 Å². The van der Waals surface area contributed by atoms with E-state index in [1.807, 2.05) is 12.4 Å². The summed E-state index contributed by atoms with van der Waals surface area (Å²) < 4.78 is 31.3. The van der Waals surface area contributed by atoms with E-state index in [0.717, 1.165) is 41.4 Å². The van der Waals surface area contributed by atoms with Gasteiger partial charge in [-0.25, -0.2) is 18.7 Å². The van der Waals surface area contributed by atoms with E-state index in [-0.39, 0.29) is 5.82 Å². The number of para-hydroxylation sites is 1. The monoisotopic (exact) mass is 542 g/mol. The zero-order valence-corrected chi connectivity index (χ0v) is 22.4. The predicted octanol–water partition coefficient (Wildman–Crippen LogP) is 7.47. The van der Waals surface area contributed by atoms with Crippen molar-refractivity contribution in [3.05, 3.63) is 102 Å². The average molecular weight is 543 g/mol. The molecule has 0 bridgehead atoms. The molecule has 2 aromatic carbocycles. The highest BCUT2D eigenvalue weighted by Gasteiger charge is 2.17. The second-order valence-corrected chi connectivity index (χ2v) is 10.8. The molecular formula is C30H28F2N6S. The molecule has 2 N–H and O–H groups in total. The number of aromatic nitrogens is 3. The van der Waals surface area contributed by atoms with Crippen molar-refractivity contribution in [1.29, 1.82) is 0 Å². The van der Waals surface area contributed by atoms with Gasteiger partial charge in [0.25, 0.3) is 0 Å². The van der Waals surface area contributed by atoms with Gasteiger partial charge in [-0.2, -0.15) is 0 Å². The van der Waals surface area contributed by atoms with Gasteiger partial charge in [0.05, 0.1) is 28.1 Å². The van der Waals surface area contributed by atoms with Crippen LogP contribution in [0.2, 0.25) is 0 Å². The molecule has 6 rings (SSSR count). The topological polar surface area (TPSA) is 57.5 Å². The lowest BCUT2D eigenvalue weighted by molar-refractivity contribution is 0.332. The summed E-state index contributed by atoms with van der Waals surface area (Å²) in [6.45, 7) is 8.92.